The number of thioether (sulfide) groups is 1. The van der Waals surface area contributed by atoms with Crippen molar-refractivity contribution >= 4 is 51.4 Å². The summed E-state index contributed by atoms with van der Waals surface area (Å²) in [6.45, 7) is 4.59. The van der Waals surface area contributed by atoms with E-state index in [0.29, 0.717) is 18.8 Å². The lowest BCUT2D eigenvalue weighted by Gasteiger charge is -2.36. The summed E-state index contributed by atoms with van der Waals surface area (Å²) in [6, 6.07) is 7.84. The zero-order valence-electron chi connectivity index (χ0n) is 16.1. The first-order valence-electron chi connectivity index (χ1n) is 9.78. The first-order chi connectivity index (χ1) is 14.2. The molecule has 1 N–H and O–H groups in total. The molecule has 4 rings (SSSR count). The third kappa shape index (κ3) is 5.53. The summed E-state index contributed by atoms with van der Waals surface area (Å²) in [5, 5.41) is 13.1. The molecule has 2 aliphatic heterocycles. The number of hydrogen-bond acceptors (Lipinski definition) is 8. The molecule has 0 unspecified atom stereocenters. The van der Waals surface area contributed by atoms with Crippen molar-refractivity contribution in [2.24, 2.45) is 0 Å². The van der Waals surface area contributed by atoms with Gasteiger partial charge in [0.1, 0.15) is 0 Å². The van der Waals surface area contributed by atoms with E-state index in [0.717, 1.165) is 59.3 Å². The Morgan fingerprint density at radius 1 is 1.28 bits per heavy atom. The van der Waals surface area contributed by atoms with Crippen molar-refractivity contribution in [2.45, 2.75) is 23.3 Å². The zero-order chi connectivity index (χ0) is 20.1. The fourth-order valence-corrected chi connectivity index (χ4v) is 5.38. The Hall–Kier alpha value is -1.55. The lowest BCUT2D eigenvalue weighted by molar-refractivity contribution is -0.128. The van der Waals surface area contributed by atoms with Crippen molar-refractivity contribution in [1.29, 1.82) is 0 Å². The average Bonchev–Trinajstić information content (AvgIpc) is 3.43. The molecule has 1 aromatic heterocycles. The number of carbonyl (C=O) groups excluding carboxylic acids is 1. The molecule has 0 spiro atoms. The van der Waals surface area contributed by atoms with Gasteiger partial charge in [0.25, 0.3) is 0 Å². The number of benzene rings is 1. The fourth-order valence-electron chi connectivity index (χ4n) is 3.47. The van der Waals surface area contributed by atoms with E-state index in [4.69, 9.17) is 16.3 Å². The summed E-state index contributed by atoms with van der Waals surface area (Å²) in [6.07, 6.45) is 2.48. The molecule has 0 bridgehead atoms. The van der Waals surface area contributed by atoms with Gasteiger partial charge in [0.2, 0.25) is 11.0 Å². The number of ether oxygens (including phenoxy) is 1. The van der Waals surface area contributed by atoms with Gasteiger partial charge in [0.15, 0.2) is 4.34 Å². The molecule has 3 heterocycles. The first-order valence-corrected chi connectivity index (χ1v) is 12.0. The van der Waals surface area contributed by atoms with Crippen molar-refractivity contribution in [3.05, 3.63) is 29.3 Å². The minimum absolute atomic E-state index is 0.137. The van der Waals surface area contributed by atoms with E-state index in [1.807, 2.05) is 29.2 Å². The van der Waals surface area contributed by atoms with Crippen LogP contribution in [0, 0.1) is 0 Å². The predicted molar refractivity (Wildman–Crippen MR) is 118 cm³/mol. The molecule has 7 nitrogen and oxygen atoms in total. The number of aromatic nitrogens is 2. The van der Waals surface area contributed by atoms with Crippen molar-refractivity contribution in [2.75, 3.05) is 55.3 Å². The Labute approximate surface area is 183 Å². The highest BCUT2D eigenvalue weighted by molar-refractivity contribution is 8.01. The van der Waals surface area contributed by atoms with Gasteiger partial charge in [-0.1, -0.05) is 46.8 Å². The van der Waals surface area contributed by atoms with E-state index >= 15 is 0 Å². The fraction of sp³-hybridized carbons (Fsp3) is 0.526. The van der Waals surface area contributed by atoms with E-state index < -0.39 is 0 Å². The summed E-state index contributed by atoms with van der Waals surface area (Å²) >= 11 is 9.22. The van der Waals surface area contributed by atoms with Gasteiger partial charge in [-0.15, -0.1) is 10.2 Å². The number of para-hydroxylation sites is 1. The number of rotatable bonds is 7. The summed E-state index contributed by atoms with van der Waals surface area (Å²) < 4.78 is 6.41. The van der Waals surface area contributed by atoms with Crippen LogP contribution in [0.1, 0.15) is 12.8 Å². The Morgan fingerprint density at radius 3 is 2.86 bits per heavy atom. The second-order valence-corrected chi connectivity index (χ2v) is 9.60. The van der Waals surface area contributed by atoms with Gasteiger partial charge in [-0.05, 0) is 25.0 Å². The monoisotopic (exact) mass is 453 g/mol. The number of nitrogens with one attached hydrogen (secondary N) is 1. The molecule has 156 valence electrons. The van der Waals surface area contributed by atoms with E-state index in [1.54, 1.807) is 0 Å². The van der Waals surface area contributed by atoms with Crippen molar-refractivity contribution < 1.29 is 9.53 Å². The highest BCUT2D eigenvalue weighted by atomic mass is 35.5. The maximum absolute atomic E-state index is 12.6. The zero-order valence-corrected chi connectivity index (χ0v) is 18.4. The Bertz CT molecular complexity index is 822. The van der Waals surface area contributed by atoms with Crippen molar-refractivity contribution in [3.8, 4) is 0 Å². The number of amides is 1. The van der Waals surface area contributed by atoms with Crippen molar-refractivity contribution in [3.63, 3.8) is 0 Å². The smallest absolute Gasteiger partial charge is 0.233 e. The minimum Gasteiger partial charge on any atom is -0.376 e. The number of piperazine rings is 1. The standard InChI is InChI=1S/C19H24ClN5O2S2/c20-15-5-1-2-6-16(15)24-7-9-25(10-8-24)17(26)13-28-19-23-22-18(29-19)21-12-14-4-3-11-27-14/h1-2,5-6,14H,3-4,7-13H2,(H,21,22)/t14-/m0/s1. The molecule has 2 aliphatic rings. The number of hydrogen-bond donors (Lipinski definition) is 1. The summed E-state index contributed by atoms with van der Waals surface area (Å²) in [5.74, 6) is 0.518. The second kappa shape index (κ2) is 9.97. The first kappa shape index (κ1) is 20.7. The molecular formula is C19H24ClN5O2S2. The van der Waals surface area contributed by atoms with Crippen LogP contribution in [0.15, 0.2) is 28.6 Å². The van der Waals surface area contributed by atoms with Crippen LogP contribution < -0.4 is 10.2 Å². The van der Waals surface area contributed by atoms with Crippen LogP contribution in [0.25, 0.3) is 0 Å². The molecule has 10 heteroatoms. The van der Waals surface area contributed by atoms with Gasteiger partial charge in [0.05, 0.1) is 22.6 Å². The third-order valence-electron chi connectivity index (χ3n) is 5.06. The molecule has 1 amide bonds. The minimum atomic E-state index is 0.137. The van der Waals surface area contributed by atoms with Gasteiger partial charge in [0, 0.05) is 39.3 Å². The van der Waals surface area contributed by atoms with Gasteiger partial charge < -0.3 is 19.9 Å². The third-order valence-corrected chi connectivity index (χ3v) is 7.37. The molecule has 2 saturated heterocycles. The highest BCUT2D eigenvalue weighted by Crippen LogP contribution is 2.28. The van der Waals surface area contributed by atoms with E-state index in [9.17, 15) is 4.79 Å². The van der Waals surface area contributed by atoms with E-state index in [1.165, 1.54) is 23.1 Å². The summed E-state index contributed by atoms with van der Waals surface area (Å²) in [5.41, 5.74) is 1.03. The quantitative estimate of drug-likeness (QED) is 0.645. The van der Waals surface area contributed by atoms with Crippen LogP contribution in [0.4, 0.5) is 10.8 Å². The predicted octanol–water partition coefficient (Wildman–Crippen LogP) is 3.22. The number of halogens is 1. The van der Waals surface area contributed by atoms with Crippen LogP contribution in [0.3, 0.4) is 0 Å². The van der Waals surface area contributed by atoms with E-state index in [2.05, 4.69) is 20.4 Å². The van der Waals surface area contributed by atoms with E-state index in [-0.39, 0.29) is 12.0 Å². The Balaban J connectivity index is 1.20. The van der Waals surface area contributed by atoms with Crippen LogP contribution in [-0.2, 0) is 9.53 Å². The van der Waals surface area contributed by atoms with Gasteiger partial charge in [-0.25, -0.2) is 0 Å². The topological polar surface area (TPSA) is 70.6 Å². The second-order valence-electron chi connectivity index (χ2n) is 7.00. The number of carbonyl (C=O) groups is 1. The molecule has 2 aromatic rings. The van der Waals surface area contributed by atoms with Crippen LogP contribution in [0.5, 0.6) is 0 Å². The SMILES string of the molecule is O=C(CSc1nnc(NC[C@@H]2CCCO2)s1)N1CCN(c2ccccc2Cl)CC1. The Kier molecular flexibility index (Phi) is 7.12. The molecule has 0 saturated carbocycles. The highest BCUT2D eigenvalue weighted by Gasteiger charge is 2.23. The maximum atomic E-state index is 12.6. The lowest BCUT2D eigenvalue weighted by Crippen LogP contribution is -2.49. The Morgan fingerprint density at radius 2 is 2.10 bits per heavy atom. The maximum Gasteiger partial charge on any atom is 0.233 e. The average molecular weight is 454 g/mol. The molecule has 1 atom stereocenters. The lowest BCUT2D eigenvalue weighted by atomic mass is 10.2. The van der Waals surface area contributed by atoms with Crippen LogP contribution in [0.2, 0.25) is 5.02 Å². The largest absolute Gasteiger partial charge is 0.376 e. The molecule has 0 radical (unpaired) electrons. The van der Waals surface area contributed by atoms with Gasteiger partial charge >= 0.3 is 0 Å². The van der Waals surface area contributed by atoms with Gasteiger partial charge in [-0.3, -0.25) is 4.79 Å². The summed E-state index contributed by atoms with van der Waals surface area (Å²) in [4.78, 5) is 16.7. The van der Waals surface area contributed by atoms with Crippen molar-refractivity contribution in [1.82, 2.24) is 15.1 Å². The molecule has 29 heavy (non-hydrogen) atoms. The van der Waals surface area contributed by atoms with Crippen LogP contribution in [-0.4, -0.2) is 72.2 Å². The molecule has 2 fully saturated rings. The van der Waals surface area contributed by atoms with Gasteiger partial charge in [-0.2, -0.15) is 0 Å². The molecular weight excluding hydrogens is 430 g/mol. The van der Waals surface area contributed by atoms with Crippen LogP contribution >= 0.6 is 34.7 Å². The molecule has 1 aromatic carbocycles. The number of nitrogens with zero attached hydrogens (tertiary/aromatic N) is 4. The summed E-state index contributed by atoms with van der Waals surface area (Å²) in [7, 11) is 0. The number of anilines is 2. The normalized spacial score (nSPS) is 19.6. The molecule has 0 aliphatic carbocycles.